The number of carbonyl (C=O) groups is 2. The Morgan fingerprint density at radius 1 is 0.833 bits per heavy atom. The highest BCUT2D eigenvalue weighted by atomic mass is 35.5. The molecular formula is C23H16Cl3NO3. The predicted octanol–water partition coefficient (Wildman–Crippen LogP) is 5.67. The molecular weight excluding hydrogens is 445 g/mol. The number of benzene rings is 3. The van der Waals surface area contributed by atoms with E-state index in [0.29, 0.717) is 31.8 Å². The number of nitrogens with one attached hydrogen (secondary N) is 1. The van der Waals surface area contributed by atoms with Gasteiger partial charge in [-0.15, -0.1) is 0 Å². The van der Waals surface area contributed by atoms with Crippen LogP contribution in [0.3, 0.4) is 0 Å². The van der Waals surface area contributed by atoms with Crippen molar-refractivity contribution in [3.8, 4) is 11.1 Å². The van der Waals surface area contributed by atoms with E-state index in [4.69, 9.17) is 34.8 Å². The number of hydrogen-bond acceptors (Lipinski definition) is 2. The third-order valence-electron chi connectivity index (χ3n) is 5.32. The minimum atomic E-state index is -1.38. The highest BCUT2D eigenvalue weighted by molar-refractivity contribution is 6.42. The first kappa shape index (κ1) is 20.7. The van der Waals surface area contributed by atoms with Gasteiger partial charge in [0.1, 0.15) is 5.54 Å². The van der Waals surface area contributed by atoms with Crippen LogP contribution in [0.5, 0.6) is 0 Å². The molecule has 1 amide bonds. The van der Waals surface area contributed by atoms with Gasteiger partial charge in [-0.1, -0.05) is 65.1 Å². The number of rotatable bonds is 4. The second-order valence-corrected chi connectivity index (χ2v) is 8.51. The smallest absolute Gasteiger partial charge is 0.330 e. The number of carboxylic acids is 1. The number of aliphatic carboxylic acids is 1. The van der Waals surface area contributed by atoms with Gasteiger partial charge in [-0.05, 0) is 47.0 Å². The molecule has 30 heavy (non-hydrogen) atoms. The molecule has 1 aliphatic carbocycles. The van der Waals surface area contributed by atoms with Crippen molar-refractivity contribution in [2.24, 2.45) is 0 Å². The van der Waals surface area contributed by atoms with E-state index in [1.165, 1.54) is 0 Å². The van der Waals surface area contributed by atoms with Crippen molar-refractivity contribution in [1.29, 1.82) is 0 Å². The van der Waals surface area contributed by atoms with E-state index in [-0.39, 0.29) is 12.8 Å². The third-order valence-corrected chi connectivity index (χ3v) is 6.39. The number of halogens is 3. The molecule has 1 aliphatic rings. The van der Waals surface area contributed by atoms with Crippen LogP contribution in [0, 0.1) is 0 Å². The Bertz CT molecular complexity index is 1150. The largest absolute Gasteiger partial charge is 0.479 e. The summed E-state index contributed by atoms with van der Waals surface area (Å²) in [5, 5.41) is 13.9. The van der Waals surface area contributed by atoms with Crippen LogP contribution in [0.15, 0.2) is 60.7 Å². The summed E-state index contributed by atoms with van der Waals surface area (Å²) in [6.45, 7) is 0. The lowest BCUT2D eigenvalue weighted by Gasteiger charge is -2.25. The van der Waals surface area contributed by atoms with E-state index in [1.807, 2.05) is 24.3 Å². The molecule has 0 heterocycles. The lowest BCUT2D eigenvalue weighted by molar-refractivity contribution is -0.144. The molecule has 0 spiro atoms. The van der Waals surface area contributed by atoms with Crippen LogP contribution in [0.25, 0.3) is 11.1 Å². The van der Waals surface area contributed by atoms with Crippen LogP contribution in [-0.4, -0.2) is 22.5 Å². The molecule has 0 saturated heterocycles. The van der Waals surface area contributed by atoms with Gasteiger partial charge in [0.15, 0.2) is 0 Å². The lowest BCUT2D eigenvalue weighted by Crippen LogP contribution is -2.55. The molecule has 0 bridgehead atoms. The number of carbonyl (C=O) groups excluding carboxylic acids is 1. The Hall–Kier alpha value is -2.53. The van der Waals surface area contributed by atoms with Crippen molar-refractivity contribution < 1.29 is 14.7 Å². The van der Waals surface area contributed by atoms with Crippen LogP contribution in [0.2, 0.25) is 15.1 Å². The highest BCUT2D eigenvalue weighted by Crippen LogP contribution is 2.34. The van der Waals surface area contributed by atoms with E-state index in [2.05, 4.69) is 5.32 Å². The maximum absolute atomic E-state index is 13.0. The molecule has 7 heteroatoms. The first-order chi connectivity index (χ1) is 14.3. The summed E-state index contributed by atoms with van der Waals surface area (Å²) in [4.78, 5) is 25.1. The molecule has 0 aliphatic heterocycles. The monoisotopic (exact) mass is 459 g/mol. The summed E-state index contributed by atoms with van der Waals surface area (Å²) in [6, 6.07) is 17.4. The van der Waals surface area contributed by atoms with Gasteiger partial charge in [-0.2, -0.15) is 0 Å². The molecule has 0 saturated carbocycles. The van der Waals surface area contributed by atoms with Crippen LogP contribution < -0.4 is 5.32 Å². The lowest BCUT2D eigenvalue weighted by atomic mass is 9.94. The van der Waals surface area contributed by atoms with Gasteiger partial charge >= 0.3 is 5.97 Å². The third kappa shape index (κ3) is 3.79. The zero-order chi connectivity index (χ0) is 21.5. The van der Waals surface area contributed by atoms with Crippen LogP contribution in [0.4, 0.5) is 0 Å². The van der Waals surface area contributed by atoms with Crippen LogP contribution >= 0.6 is 34.8 Å². The summed E-state index contributed by atoms with van der Waals surface area (Å²) in [7, 11) is 0. The molecule has 2 N–H and O–H groups in total. The van der Waals surface area contributed by atoms with Gasteiger partial charge in [0.25, 0.3) is 5.91 Å². The SMILES string of the molecule is O=C(NC1(C(=O)O)Cc2ccccc2C1)c1ccc(Cl)c(-c2ccc(Cl)c(Cl)c2)c1. The van der Waals surface area contributed by atoms with Crippen molar-refractivity contribution in [3.63, 3.8) is 0 Å². The highest BCUT2D eigenvalue weighted by Gasteiger charge is 2.45. The summed E-state index contributed by atoms with van der Waals surface area (Å²) >= 11 is 18.4. The Kier molecular flexibility index (Phi) is 5.49. The van der Waals surface area contributed by atoms with Gasteiger partial charge in [0, 0.05) is 29.0 Å². The summed E-state index contributed by atoms with van der Waals surface area (Å²) in [6.07, 6.45) is 0.467. The normalized spacial score (nSPS) is 14.2. The Labute approximate surface area is 188 Å². The Morgan fingerprint density at radius 2 is 1.47 bits per heavy atom. The molecule has 4 nitrogen and oxygen atoms in total. The van der Waals surface area contributed by atoms with E-state index in [1.54, 1.807) is 36.4 Å². The minimum Gasteiger partial charge on any atom is -0.479 e. The molecule has 0 fully saturated rings. The molecule has 0 aromatic heterocycles. The average Bonchev–Trinajstić information content (AvgIpc) is 3.10. The average molecular weight is 461 g/mol. The number of carboxylic acid groups (broad SMARTS) is 1. The first-order valence-corrected chi connectivity index (χ1v) is 10.3. The Balaban J connectivity index is 1.65. The summed E-state index contributed by atoms with van der Waals surface area (Å²) < 4.78 is 0. The van der Waals surface area contributed by atoms with Crippen molar-refractivity contribution in [2.75, 3.05) is 0 Å². The topological polar surface area (TPSA) is 66.4 Å². The van der Waals surface area contributed by atoms with Gasteiger partial charge in [0.2, 0.25) is 0 Å². The number of amides is 1. The standard InChI is InChI=1S/C23H16Cl3NO3/c24-18-7-6-14(9-17(18)13-5-8-19(25)20(26)10-13)21(28)27-23(22(29)30)11-15-3-1-2-4-16(15)12-23/h1-10H,11-12H2,(H,27,28)(H,29,30). The first-order valence-electron chi connectivity index (χ1n) is 9.17. The maximum atomic E-state index is 13.0. The fourth-order valence-corrected chi connectivity index (χ4v) is 4.27. The van der Waals surface area contributed by atoms with Crippen molar-refractivity contribution in [1.82, 2.24) is 5.32 Å². The van der Waals surface area contributed by atoms with Gasteiger partial charge in [-0.25, -0.2) is 4.79 Å². The maximum Gasteiger partial charge on any atom is 0.330 e. The Morgan fingerprint density at radius 3 is 2.07 bits per heavy atom. The van der Waals surface area contributed by atoms with Gasteiger partial charge in [-0.3, -0.25) is 4.79 Å². The van der Waals surface area contributed by atoms with Crippen molar-refractivity contribution in [2.45, 2.75) is 18.4 Å². The molecule has 0 unspecified atom stereocenters. The summed E-state index contributed by atoms with van der Waals surface area (Å²) in [5.41, 5.74) is 2.06. The van der Waals surface area contributed by atoms with E-state index >= 15 is 0 Å². The fraction of sp³-hybridized carbons (Fsp3) is 0.130. The van der Waals surface area contributed by atoms with E-state index in [9.17, 15) is 14.7 Å². The van der Waals surface area contributed by atoms with Crippen molar-refractivity contribution >= 4 is 46.7 Å². The molecule has 3 aromatic carbocycles. The number of fused-ring (bicyclic) bond motifs is 1. The molecule has 0 atom stereocenters. The van der Waals surface area contributed by atoms with E-state index < -0.39 is 17.4 Å². The molecule has 152 valence electrons. The van der Waals surface area contributed by atoms with E-state index in [0.717, 1.165) is 11.1 Å². The molecule has 4 rings (SSSR count). The zero-order valence-electron chi connectivity index (χ0n) is 15.6. The van der Waals surface area contributed by atoms with Gasteiger partial charge in [0.05, 0.1) is 10.0 Å². The minimum absolute atomic E-state index is 0.234. The van der Waals surface area contributed by atoms with Crippen LogP contribution in [-0.2, 0) is 17.6 Å². The second-order valence-electron chi connectivity index (χ2n) is 7.29. The predicted molar refractivity (Wildman–Crippen MR) is 119 cm³/mol. The quantitative estimate of drug-likeness (QED) is 0.527. The van der Waals surface area contributed by atoms with Gasteiger partial charge < -0.3 is 10.4 Å². The molecule has 3 aromatic rings. The number of hydrogen-bond donors (Lipinski definition) is 2. The van der Waals surface area contributed by atoms with Crippen LogP contribution in [0.1, 0.15) is 21.5 Å². The zero-order valence-corrected chi connectivity index (χ0v) is 17.9. The van der Waals surface area contributed by atoms with Crippen molar-refractivity contribution in [3.05, 3.63) is 92.4 Å². The molecule has 0 radical (unpaired) electrons. The second kappa shape index (κ2) is 7.95. The summed E-state index contributed by atoms with van der Waals surface area (Å²) in [5.74, 6) is -1.55. The fourth-order valence-electron chi connectivity index (χ4n) is 3.75.